The van der Waals surface area contributed by atoms with E-state index >= 15 is 0 Å². The average Bonchev–Trinajstić information content (AvgIpc) is 2.82. The zero-order valence-electron chi connectivity index (χ0n) is 10.5. The largest absolute Gasteiger partial charge is 0.327 e. The molecule has 7 heteroatoms. The normalized spacial score (nSPS) is 11.5. The van der Waals surface area contributed by atoms with Gasteiger partial charge in [0.05, 0.1) is 0 Å². The standard InChI is InChI=1S/C12H15N5O.ClH/c1-8(13)6-11(18)16-10-4-2-9(3-5-10)12-14-7-15-17-12;/h2-5,7-8H,6,13H2,1H3,(H,16,18)(H,14,15,17);1H. The molecular weight excluding hydrogens is 266 g/mol. The predicted molar refractivity (Wildman–Crippen MR) is 76.0 cm³/mol. The maximum Gasteiger partial charge on any atom is 0.225 e. The molecule has 0 radical (unpaired) electrons. The molecule has 1 unspecified atom stereocenters. The van der Waals surface area contributed by atoms with Crippen LogP contribution in [-0.4, -0.2) is 27.1 Å². The first kappa shape index (κ1) is 15.1. The molecule has 1 aromatic carbocycles. The molecule has 0 aliphatic carbocycles. The summed E-state index contributed by atoms with van der Waals surface area (Å²) in [6, 6.07) is 7.22. The van der Waals surface area contributed by atoms with E-state index in [-0.39, 0.29) is 24.4 Å². The Kier molecular flexibility index (Phi) is 5.47. The van der Waals surface area contributed by atoms with Crippen molar-refractivity contribution in [2.75, 3.05) is 5.32 Å². The highest BCUT2D eigenvalue weighted by atomic mass is 35.5. The lowest BCUT2D eigenvalue weighted by molar-refractivity contribution is -0.116. The van der Waals surface area contributed by atoms with Crippen molar-refractivity contribution in [1.29, 1.82) is 0 Å². The Hall–Kier alpha value is -1.92. The molecule has 1 amide bonds. The van der Waals surface area contributed by atoms with E-state index in [9.17, 15) is 4.79 Å². The van der Waals surface area contributed by atoms with Gasteiger partial charge >= 0.3 is 0 Å². The molecule has 4 N–H and O–H groups in total. The van der Waals surface area contributed by atoms with E-state index in [1.54, 1.807) is 6.92 Å². The molecule has 0 saturated carbocycles. The van der Waals surface area contributed by atoms with Crippen LogP contribution in [0.2, 0.25) is 0 Å². The Balaban J connectivity index is 0.00000180. The van der Waals surface area contributed by atoms with Gasteiger partial charge in [0.15, 0.2) is 5.82 Å². The van der Waals surface area contributed by atoms with E-state index in [1.165, 1.54) is 6.33 Å². The summed E-state index contributed by atoms with van der Waals surface area (Å²) in [6.45, 7) is 1.80. The molecular formula is C12H16ClN5O. The van der Waals surface area contributed by atoms with Gasteiger partial charge in [0.25, 0.3) is 0 Å². The summed E-state index contributed by atoms with van der Waals surface area (Å²) in [4.78, 5) is 15.6. The van der Waals surface area contributed by atoms with Gasteiger partial charge in [-0.1, -0.05) is 0 Å². The Morgan fingerprint density at radius 1 is 1.42 bits per heavy atom. The van der Waals surface area contributed by atoms with Crippen molar-refractivity contribution in [1.82, 2.24) is 15.2 Å². The lowest BCUT2D eigenvalue weighted by Gasteiger charge is -2.07. The fraction of sp³-hybridized carbons (Fsp3) is 0.250. The monoisotopic (exact) mass is 281 g/mol. The summed E-state index contributed by atoms with van der Waals surface area (Å²) >= 11 is 0. The maximum atomic E-state index is 11.5. The predicted octanol–water partition coefficient (Wildman–Crippen LogP) is 1.57. The van der Waals surface area contributed by atoms with Gasteiger partial charge in [-0.15, -0.1) is 12.4 Å². The number of hydrogen-bond donors (Lipinski definition) is 3. The number of nitrogens with zero attached hydrogens (tertiary/aromatic N) is 2. The smallest absolute Gasteiger partial charge is 0.225 e. The Morgan fingerprint density at radius 2 is 2.11 bits per heavy atom. The van der Waals surface area contributed by atoms with Crippen molar-refractivity contribution in [3.8, 4) is 11.4 Å². The van der Waals surface area contributed by atoms with Gasteiger partial charge in [0.2, 0.25) is 5.91 Å². The summed E-state index contributed by atoms with van der Waals surface area (Å²) in [5, 5.41) is 9.34. The van der Waals surface area contributed by atoms with E-state index in [0.29, 0.717) is 12.2 Å². The first-order valence-corrected chi connectivity index (χ1v) is 5.66. The SMILES string of the molecule is CC(N)CC(=O)Nc1ccc(-c2ncn[nH]2)cc1.Cl. The van der Waals surface area contributed by atoms with E-state index in [4.69, 9.17) is 5.73 Å². The molecule has 1 heterocycles. The van der Waals surface area contributed by atoms with Gasteiger partial charge in [0.1, 0.15) is 6.33 Å². The highest BCUT2D eigenvalue weighted by Crippen LogP contribution is 2.17. The number of halogens is 1. The third-order valence-corrected chi connectivity index (χ3v) is 2.36. The topological polar surface area (TPSA) is 96.7 Å². The van der Waals surface area contributed by atoms with Crippen LogP contribution in [0, 0.1) is 0 Å². The number of benzene rings is 1. The van der Waals surface area contributed by atoms with Crippen molar-refractivity contribution < 1.29 is 4.79 Å². The summed E-state index contributed by atoms with van der Waals surface area (Å²) in [7, 11) is 0. The maximum absolute atomic E-state index is 11.5. The zero-order chi connectivity index (χ0) is 13.0. The molecule has 6 nitrogen and oxygen atoms in total. The van der Waals surface area contributed by atoms with Crippen LogP contribution in [0.4, 0.5) is 5.69 Å². The summed E-state index contributed by atoms with van der Waals surface area (Å²) in [6.07, 6.45) is 1.76. The van der Waals surface area contributed by atoms with Gasteiger partial charge in [-0.05, 0) is 31.2 Å². The number of rotatable bonds is 4. The van der Waals surface area contributed by atoms with Crippen LogP contribution in [0.3, 0.4) is 0 Å². The van der Waals surface area contributed by atoms with E-state index in [2.05, 4.69) is 20.5 Å². The minimum atomic E-state index is -0.140. The molecule has 2 rings (SSSR count). The minimum absolute atomic E-state index is 0. The second kappa shape index (κ2) is 6.86. The van der Waals surface area contributed by atoms with Crippen LogP contribution in [0.5, 0.6) is 0 Å². The molecule has 2 aromatic rings. The molecule has 19 heavy (non-hydrogen) atoms. The van der Waals surface area contributed by atoms with Gasteiger partial charge in [0, 0.05) is 23.7 Å². The van der Waals surface area contributed by atoms with Crippen molar-refractivity contribution in [2.45, 2.75) is 19.4 Å². The molecule has 102 valence electrons. The number of anilines is 1. The average molecular weight is 282 g/mol. The number of hydrogen-bond acceptors (Lipinski definition) is 4. The number of nitrogens with one attached hydrogen (secondary N) is 2. The molecule has 1 atom stereocenters. The molecule has 0 spiro atoms. The number of H-pyrrole nitrogens is 1. The van der Waals surface area contributed by atoms with E-state index < -0.39 is 0 Å². The molecule has 0 bridgehead atoms. The summed E-state index contributed by atoms with van der Waals surface area (Å²) in [5.74, 6) is 0.612. The Bertz CT molecular complexity index is 509. The molecule has 0 aliphatic heterocycles. The Morgan fingerprint density at radius 3 is 2.63 bits per heavy atom. The zero-order valence-corrected chi connectivity index (χ0v) is 11.3. The van der Waals surface area contributed by atoms with Gasteiger partial charge < -0.3 is 11.1 Å². The Labute approximate surface area is 117 Å². The molecule has 0 fully saturated rings. The van der Waals surface area contributed by atoms with Crippen molar-refractivity contribution in [3.05, 3.63) is 30.6 Å². The lowest BCUT2D eigenvalue weighted by Crippen LogP contribution is -2.23. The number of aromatic amines is 1. The highest BCUT2D eigenvalue weighted by molar-refractivity contribution is 5.91. The molecule has 0 saturated heterocycles. The van der Waals surface area contributed by atoms with E-state index in [0.717, 1.165) is 11.3 Å². The lowest BCUT2D eigenvalue weighted by atomic mass is 10.2. The second-order valence-corrected chi connectivity index (χ2v) is 4.14. The third kappa shape index (κ3) is 4.35. The van der Waals surface area contributed by atoms with Gasteiger partial charge in [-0.3, -0.25) is 9.89 Å². The van der Waals surface area contributed by atoms with Gasteiger partial charge in [-0.25, -0.2) is 4.98 Å². The number of carbonyl (C=O) groups is 1. The molecule has 0 aliphatic rings. The van der Waals surface area contributed by atoms with Crippen LogP contribution >= 0.6 is 12.4 Å². The van der Waals surface area contributed by atoms with Gasteiger partial charge in [-0.2, -0.15) is 5.10 Å². The third-order valence-electron chi connectivity index (χ3n) is 2.36. The van der Waals surface area contributed by atoms with Crippen molar-refractivity contribution in [2.24, 2.45) is 5.73 Å². The fourth-order valence-electron chi connectivity index (χ4n) is 1.56. The first-order chi connectivity index (χ1) is 8.65. The van der Waals surface area contributed by atoms with Crippen LogP contribution in [0.15, 0.2) is 30.6 Å². The van der Waals surface area contributed by atoms with Crippen molar-refractivity contribution in [3.63, 3.8) is 0 Å². The fourth-order valence-corrected chi connectivity index (χ4v) is 1.56. The number of amides is 1. The van der Waals surface area contributed by atoms with Crippen molar-refractivity contribution >= 4 is 24.0 Å². The quantitative estimate of drug-likeness (QED) is 0.792. The van der Waals surface area contributed by atoms with Crippen LogP contribution in [-0.2, 0) is 4.79 Å². The number of aromatic nitrogens is 3. The van der Waals surface area contributed by atoms with E-state index in [1.807, 2.05) is 24.3 Å². The summed E-state index contributed by atoms with van der Waals surface area (Å²) in [5.41, 5.74) is 7.21. The van der Waals surface area contributed by atoms with Crippen LogP contribution in [0.25, 0.3) is 11.4 Å². The first-order valence-electron chi connectivity index (χ1n) is 5.66. The second-order valence-electron chi connectivity index (χ2n) is 4.14. The molecule has 1 aromatic heterocycles. The number of nitrogens with two attached hydrogens (primary N) is 1. The minimum Gasteiger partial charge on any atom is -0.327 e. The van der Waals surface area contributed by atoms with Crippen LogP contribution in [0.1, 0.15) is 13.3 Å². The number of carbonyl (C=O) groups excluding carboxylic acids is 1. The highest BCUT2D eigenvalue weighted by Gasteiger charge is 2.06. The van der Waals surface area contributed by atoms with Crippen LogP contribution < -0.4 is 11.1 Å². The summed E-state index contributed by atoms with van der Waals surface area (Å²) < 4.78 is 0.